The Morgan fingerprint density at radius 3 is 2.52 bits per heavy atom. The lowest BCUT2D eigenvalue weighted by Gasteiger charge is -2.17. The maximum Gasteiger partial charge on any atom is 0.133 e. The molecule has 0 radical (unpaired) electrons. The summed E-state index contributed by atoms with van der Waals surface area (Å²) in [7, 11) is 3.71. The number of ether oxygens (including phenoxy) is 1. The molecule has 0 heterocycles. The van der Waals surface area contributed by atoms with Crippen molar-refractivity contribution in [1.29, 1.82) is 0 Å². The second-order valence-electron chi connectivity index (χ2n) is 5.17. The highest BCUT2D eigenvalue weighted by Crippen LogP contribution is 2.27. The van der Waals surface area contributed by atoms with Gasteiger partial charge in [0.2, 0.25) is 0 Å². The highest BCUT2D eigenvalue weighted by molar-refractivity contribution is 9.10. The molecular formula is C18H22BrNO. The van der Waals surface area contributed by atoms with Gasteiger partial charge in [-0.05, 0) is 65.0 Å². The van der Waals surface area contributed by atoms with E-state index in [0.717, 1.165) is 29.6 Å². The van der Waals surface area contributed by atoms with E-state index >= 15 is 0 Å². The van der Waals surface area contributed by atoms with Crippen LogP contribution in [0, 0.1) is 0 Å². The second kappa shape index (κ2) is 8.20. The summed E-state index contributed by atoms with van der Waals surface area (Å²) in [5.41, 5.74) is 2.74. The number of hydrogen-bond donors (Lipinski definition) is 1. The van der Waals surface area contributed by atoms with Crippen LogP contribution in [0.5, 0.6) is 5.75 Å². The number of likely N-dealkylation sites (N-methyl/N-ethyl adjacent to an activating group) is 1. The van der Waals surface area contributed by atoms with Crippen LogP contribution >= 0.6 is 15.9 Å². The zero-order chi connectivity index (χ0) is 15.1. The third-order valence-corrected chi connectivity index (χ3v) is 4.34. The highest BCUT2D eigenvalue weighted by Gasteiger charge is 2.11. The van der Waals surface area contributed by atoms with Gasteiger partial charge in [0, 0.05) is 6.54 Å². The van der Waals surface area contributed by atoms with Crippen molar-refractivity contribution in [1.82, 2.24) is 5.32 Å². The Hall–Kier alpha value is -1.32. The molecule has 2 aromatic rings. The van der Waals surface area contributed by atoms with Crippen molar-refractivity contribution in [2.24, 2.45) is 0 Å². The predicted octanol–water partition coefficient (Wildman–Crippen LogP) is 4.39. The summed E-state index contributed by atoms with van der Waals surface area (Å²) in [5.74, 6) is 1.42. The molecule has 112 valence electrons. The first-order valence-corrected chi connectivity index (χ1v) is 8.06. The molecule has 0 saturated carbocycles. The van der Waals surface area contributed by atoms with Crippen molar-refractivity contribution in [2.45, 2.75) is 18.8 Å². The van der Waals surface area contributed by atoms with E-state index < -0.39 is 0 Å². The molecule has 0 saturated heterocycles. The molecule has 1 atom stereocenters. The van der Waals surface area contributed by atoms with Gasteiger partial charge >= 0.3 is 0 Å². The van der Waals surface area contributed by atoms with E-state index in [0.29, 0.717) is 5.92 Å². The second-order valence-corrected chi connectivity index (χ2v) is 6.03. The molecule has 1 N–H and O–H groups in total. The number of benzene rings is 2. The van der Waals surface area contributed by atoms with Crippen LogP contribution in [0.4, 0.5) is 0 Å². The molecule has 0 bridgehead atoms. The molecular weight excluding hydrogens is 326 g/mol. The largest absolute Gasteiger partial charge is 0.496 e. The van der Waals surface area contributed by atoms with Gasteiger partial charge in [-0.25, -0.2) is 0 Å². The summed E-state index contributed by atoms with van der Waals surface area (Å²) in [6, 6.07) is 17.0. The van der Waals surface area contributed by atoms with Gasteiger partial charge in [-0.3, -0.25) is 0 Å². The first-order valence-electron chi connectivity index (χ1n) is 7.26. The van der Waals surface area contributed by atoms with E-state index in [4.69, 9.17) is 4.74 Å². The monoisotopic (exact) mass is 347 g/mol. The van der Waals surface area contributed by atoms with E-state index in [2.05, 4.69) is 63.7 Å². The topological polar surface area (TPSA) is 21.3 Å². The first kappa shape index (κ1) is 16.1. The van der Waals surface area contributed by atoms with Crippen LogP contribution in [-0.4, -0.2) is 20.7 Å². The van der Waals surface area contributed by atoms with Gasteiger partial charge in [-0.2, -0.15) is 0 Å². The minimum atomic E-state index is 0.539. The Kier molecular flexibility index (Phi) is 6.27. The third-order valence-electron chi connectivity index (χ3n) is 3.72. The number of hydrogen-bond acceptors (Lipinski definition) is 2. The van der Waals surface area contributed by atoms with Crippen LogP contribution in [0.1, 0.15) is 23.5 Å². The Bertz CT molecular complexity index is 556. The molecule has 0 aliphatic carbocycles. The van der Waals surface area contributed by atoms with Crippen LogP contribution in [0.25, 0.3) is 0 Å². The smallest absolute Gasteiger partial charge is 0.133 e. The average molecular weight is 348 g/mol. The number of aryl methyl sites for hydroxylation is 1. The molecule has 0 spiro atoms. The molecule has 2 rings (SSSR count). The molecule has 0 aliphatic heterocycles. The molecule has 0 aromatic heterocycles. The Labute approximate surface area is 135 Å². The van der Waals surface area contributed by atoms with Crippen molar-refractivity contribution < 1.29 is 4.74 Å². The van der Waals surface area contributed by atoms with Crippen LogP contribution in [-0.2, 0) is 6.42 Å². The van der Waals surface area contributed by atoms with Crippen molar-refractivity contribution in [3.63, 3.8) is 0 Å². The van der Waals surface area contributed by atoms with Crippen molar-refractivity contribution >= 4 is 15.9 Å². The molecule has 0 aliphatic rings. The summed E-state index contributed by atoms with van der Waals surface area (Å²) >= 11 is 3.55. The average Bonchev–Trinajstić information content (AvgIpc) is 2.52. The summed E-state index contributed by atoms with van der Waals surface area (Å²) in [6.45, 7) is 1.00. The zero-order valence-corrected chi connectivity index (χ0v) is 14.2. The Morgan fingerprint density at radius 1 is 1.14 bits per heavy atom. The highest BCUT2D eigenvalue weighted by atomic mass is 79.9. The molecule has 2 nitrogen and oxygen atoms in total. The number of halogens is 1. The van der Waals surface area contributed by atoms with Gasteiger partial charge in [-0.15, -0.1) is 0 Å². The molecule has 2 aromatic carbocycles. The van der Waals surface area contributed by atoms with Crippen molar-refractivity contribution in [3.05, 3.63) is 64.1 Å². The fraction of sp³-hybridized carbons (Fsp3) is 0.333. The van der Waals surface area contributed by atoms with Gasteiger partial charge in [0.1, 0.15) is 5.75 Å². The summed E-state index contributed by atoms with van der Waals surface area (Å²) in [4.78, 5) is 0. The summed E-state index contributed by atoms with van der Waals surface area (Å²) < 4.78 is 6.30. The summed E-state index contributed by atoms with van der Waals surface area (Å²) in [5, 5.41) is 3.30. The quantitative estimate of drug-likeness (QED) is 0.801. The fourth-order valence-corrected chi connectivity index (χ4v) is 3.15. The predicted molar refractivity (Wildman–Crippen MR) is 92.1 cm³/mol. The van der Waals surface area contributed by atoms with Crippen LogP contribution in [0.15, 0.2) is 53.0 Å². The minimum absolute atomic E-state index is 0.539. The lowest BCUT2D eigenvalue weighted by atomic mass is 9.92. The molecule has 1 unspecified atom stereocenters. The van der Waals surface area contributed by atoms with E-state index in [9.17, 15) is 0 Å². The van der Waals surface area contributed by atoms with Crippen LogP contribution < -0.4 is 10.1 Å². The number of methoxy groups -OCH3 is 1. The van der Waals surface area contributed by atoms with Gasteiger partial charge in [0.25, 0.3) is 0 Å². The van der Waals surface area contributed by atoms with Crippen LogP contribution in [0.3, 0.4) is 0 Å². The minimum Gasteiger partial charge on any atom is -0.496 e. The Morgan fingerprint density at radius 2 is 1.90 bits per heavy atom. The van der Waals surface area contributed by atoms with E-state index in [1.165, 1.54) is 11.1 Å². The maximum atomic E-state index is 5.28. The third kappa shape index (κ3) is 4.58. The molecule has 21 heavy (non-hydrogen) atoms. The standard InChI is InChI=1S/C18H22BrNO/c1-20-13-16(15-6-4-3-5-7-15)10-8-14-9-11-18(21-2)17(19)12-14/h3-7,9,11-12,16,20H,8,10,13H2,1-2H3. The zero-order valence-electron chi connectivity index (χ0n) is 12.6. The van der Waals surface area contributed by atoms with Gasteiger partial charge in [0.15, 0.2) is 0 Å². The van der Waals surface area contributed by atoms with Crippen molar-refractivity contribution in [2.75, 3.05) is 20.7 Å². The molecule has 3 heteroatoms. The lowest BCUT2D eigenvalue weighted by Crippen LogP contribution is -2.17. The van der Waals surface area contributed by atoms with Gasteiger partial charge in [-0.1, -0.05) is 36.4 Å². The molecule has 0 amide bonds. The molecule has 0 fully saturated rings. The number of rotatable bonds is 7. The van der Waals surface area contributed by atoms with Gasteiger partial charge in [0.05, 0.1) is 11.6 Å². The number of nitrogens with one attached hydrogen (secondary N) is 1. The lowest BCUT2D eigenvalue weighted by molar-refractivity contribution is 0.412. The van der Waals surface area contributed by atoms with E-state index in [1.54, 1.807) is 7.11 Å². The first-order chi connectivity index (χ1) is 10.2. The normalized spacial score (nSPS) is 12.1. The Balaban J connectivity index is 2.03. The summed E-state index contributed by atoms with van der Waals surface area (Å²) in [6.07, 6.45) is 2.19. The SMILES string of the molecule is CNCC(CCc1ccc(OC)c(Br)c1)c1ccccc1. The fourth-order valence-electron chi connectivity index (χ4n) is 2.56. The van der Waals surface area contributed by atoms with Gasteiger partial charge < -0.3 is 10.1 Å². The van der Waals surface area contributed by atoms with E-state index in [-0.39, 0.29) is 0 Å². The van der Waals surface area contributed by atoms with Crippen LogP contribution in [0.2, 0.25) is 0 Å². The maximum absolute atomic E-state index is 5.28. The van der Waals surface area contributed by atoms with E-state index in [1.807, 2.05) is 13.1 Å². The van der Waals surface area contributed by atoms with Crippen molar-refractivity contribution in [3.8, 4) is 5.75 Å².